The van der Waals surface area contributed by atoms with Crippen LogP contribution in [0.4, 0.5) is 0 Å². The Morgan fingerprint density at radius 3 is 3.30 bits per heavy atom. The fourth-order valence-electron chi connectivity index (χ4n) is 0.957. The number of fused-ring (bicyclic) bond motifs is 1. The summed E-state index contributed by atoms with van der Waals surface area (Å²) in [5.41, 5.74) is 0. The van der Waals surface area contributed by atoms with E-state index in [0.717, 1.165) is 12.4 Å². The first kappa shape index (κ1) is 5.80. The second-order valence-corrected chi connectivity index (χ2v) is 2.40. The largest absolute Gasteiger partial charge is 0.248 e. The molecule has 0 amide bonds. The highest BCUT2D eigenvalue weighted by Crippen LogP contribution is 2.19. The maximum Gasteiger partial charge on any atom is 0.148 e. The van der Waals surface area contributed by atoms with Crippen molar-refractivity contribution in [1.29, 1.82) is 0 Å². The lowest BCUT2D eigenvalue weighted by Gasteiger charge is -2.26. The highest BCUT2D eigenvalue weighted by Gasteiger charge is 2.18. The SMILES string of the molecule is ClN1C=CC=C2N=CCN21. The molecular weight excluding hydrogens is 150 g/mol. The number of allylic oxidation sites excluding steroid dienone is 2. The van der Waals surface area contributed by atoms with Crippen LogP contribution in [0, 0.1) is 0 Å². The van der Waals surface area contributed by atoms with E-state index in [2.05, 4.69) is 4.99 Å². The molecule has 0 fully saturated rings. The second-order valence-electron chi connectivity index (χ2n) is 2.05. The number of nitrogens with zero attached hydrogens (tertiary/aromatic N) is 3. The first-order valence-electron chi connectivity index (χ1n) is 3.01. The normalized spacial score (nSPS) is 21.5. The van der Waals surface area contributed by atoms with Crippen LogP contribution in [0.3, 0.4) is 0 Å². The van der Waals surface area contributed by atoms with Crippen LogP contribution in [-0.2, 0) is 0 Å². The van der Waals surface area contributed by atoms with E-state index < -0.39 is 0 Å². The first-order valence-corrected chi connectivity index (χ1v) is 3.35. The van der Waals surface area contributed by atoms with Crippen molar-refractivity contribution < 1.29 is 0 Å². The Morgan fingerprint density at radius 2 is 2.50 bits per heavy atom. The van der Waals surface area contributed by atoms with Gasteiger partial charge in [0.15, 0.2) is 0 Å². The molecule has 0 bridgehead atoms. The second kappa shape index (κ2) is 2.02. The van der Waals surface area contributed by atoms with E-state index >= 15 is 0 Å². The zero-order valence-electron chi connectivity index (χ0n) is 5.24. The van der Waals surface area contributed by atoms with Crippen LogP contribution >= 0.6 is 11.8 Å². The van der Waals surface area contributed by atoms with Crippen LogP contribution in [-0.4, -0.2) is 22.3 Å². The van der Waals surface area contributed by atoms with E-state index in [9.17, 15) is 0 Å². The molecule has 0 aromatic heterocycles. The lowest BCUT2D eigenvalue weighted by Crippen LogP contribution is -2.30. The molecule has 2 heterocycles. The topological polar surface area (TPSA) is 18.8 Å². The lowest BCUT2D eigenvalue weighted by molar-refractivity contribution is 0.189. The van der Waals surface area contributed by atoms with Crippen LogP contribution in [0.15, 0.2) is 29.2 Å². The summed E-state index contributed by atoms with van der Waals surface area (Å²) >= 11 is 5.77. The molecule has 10 heavy (non-hydrogen) atoms. The van der Waals surface area contributed by atoms with Crippen LogP contribution in [0.25, 0.3) is 0 Å². The monoisotopic (exact) mass is 155 g/mol. The fraction of sp³-hybridized carbons (Fsp3) is 0.167. The van der Waals surface area contributed by atoms with Gasteiger partial charge in [-0.1, -0.05) is 0 Å². The molecule has 3 nitrogen and oxygen atoms in total. The third-order valence-electron chi connectivity index (χ3n) is 1.43. The molecule has 0 aromatic carbocycles. The lowest BCUT2D eigenvalue weighted by atomic mass is 10.5. The van der Waals surface area contributed by atoms with Crippen LogP contribution < -0.4 is 0 Å². The fourth-order valence-corrected chi connectivity index (χ4v) is 1.16. The number of hydrazine groups is 1. The van der Waals surface area contributed by atoms with E-state index in [4.69, 9.17) is 11.8 Å². The van der Waals surface area contributed by atoms with Gasteiger partial charge in [-0.3, -0.25) is 0 Å². The average Bonchev–Trinajstić information content (AvgIpc) is 2.36. The van der Waals surface area contributed by atoms with Gasteiger partial charge >= 0.3 is 0 Å². The molecule has 0 N–H and O–H groups in total. The van der Waals surface area contributed by atoms with E-state index in [1.807, 2.05) is 23.4 Å². The molecule has 0 saturated heterocycles. The smallest absolute Gasteiger partial charge is 0.148 e. The molecule has 52 valence electrons. The highest BCUT2D eigenvalue weighted by molar-refractivity contribution is 6.13. The summed E-state index contributed by atoms with van der Waals surface area (Å²) in [6.07, 6.45) is 7.39. The molecule has 2 rings (SSSR count). The Labute approximate surface area is 64.0 Å². The standard InChI is InChI=1S/C6H6ClN3/c7-10-4-1-2-6-8-3-5-9(6)10/h1-4H,5H2. The maximum absolute atomic E-state index is 5.77. The highest BCUT2D eigenvalue weighted by atomic mass is 35.5. The van der Waals surface area contributed by atoms with E-state index in [-0.39, 0.29) is 0 Å². The summed E-state index contributed by atoms with van der Waals surface area (Å²) in [7, 11) is 0. The van der Waals surface area contributed by atoms with Gasteiger partial charge in [0.25, 0.3) is 0 Å². The Hall–Kier alpha value is -0.960. The van der Waals surface area contributed by atoms with Crippen LogP contribution in [0.2, 0.25) is 0 Å². The minimum atomic E-state index is 0.764. The van der Waals surface area contributed by atoms with Crippen molar-refractivity contribution in [1.82, 2.24) is 9.54 Å². The van der Waals surface area contributed by atoms with Crippen molar-refractivity contribution in [2.24, 2.45) is 4.99 Å². The first-order chi connectivity index (χ1) is 4.88. The summed E-state index contributed by atoms with van der Waals surface area (Å²) < 4.78 is 1.50. The number of rotatable bonds is 0. The molecule has 2 aliphatic heterocycles. The van der Waals surface area contributed by atoms with Crippen LogP contribution in [0.5, 0.6) is 0 Å². The maximum atomic E-state index is 5.77. The molecule has 0 aromatic rings. The van der Waals surface area contributed by atoms with Gasteiger partial charge in [-0.2, -0.15) is 4.53 Å². The minimum Gasteiger partial charge on any atom is -0.248 e. The van der Waals surface area contributed by atoms with Gasteiger partial charge in [0.2, 0.25) is 0 Å². The number of hydrogen-bond acceptors (Lipinski definition) is 3. The molecule has 0 saturated carbocycles. The summed E-state index contributed by atoms with van der Waals surface area (Å²) in [6.45, 7) is 0.764. The molecule has 4 heteroatoms. The van der Waals surface area contributed by atoms with Crippen molar-refractivity contribution >= 4 is 18.0 Å². The Balaban J connectivity index is 2.31. The quantitative estimate of drug-likeness (QED) is 0.488. The third-order valence-corrected chi connectivity index (χ3v) is 1.72. The van der Waals surface area contributed by atoms with Crippen molar-refractivity contribution in [2.45, 2.75) is 0 Å². The number of aliphatic imine (C=N–C) groups is 1. The van der Waals surface area contributed by atoms with Crippen molar-refractivity contribution in [3.05, 3.63) is 24.2 Å². The molecular formula is C6H6ClN3. The molecule has 0 spiro atoms. The van der Waals surface area contributed by atoms with Crippen molar-refractivity contribution in [3.8, 4) is 0 Å². The minimum absolute atomic E-state index is 0.764. The number of hydrogen-bond donors (Lipinski definition) is 0. The Bertz CT molecular complexity index is 231. The number of halogens is 1. The van der Waals surface area contributed by atoms with Crippen LogP contribution in [0.1, 0.15) is 0 Å². The Morgan fingerprint density at radius 1 is 1.60 bits per heavy atom. The zero-order chi connectivity index (χ0) is 6.97. The molecule has 2 aliphatic rings. The summed E-state index contributed by atoms with van der Waals surface area (Å²) in [5, 5.41) is 1.86. The Kier molecular flexibility index (Phi) is 1.17. The molecule has 0 unspecified atom stereocenters. The molecule has 0 aliphatic carbocycles. The third kappa shape index (κ3) is 0.708. The summed E-state index contributed by atoms with van der Waals surface area (Å²) in [6, 6.07) is 0. The average molecular weight is 156 g/mol. The van der Waals surface area contributed by atoms with Gasteiger partial charge in [0.1, 0.15) is 5.82 Å². The van der Waals surface area contributed by atoms with E-state index in [1.165, 1.54) is 4.53 Å². The van der Waals surface area contributed by atoms with Gasteiger partial charge in [-0.05, 0) is 12.2 Å². The molecule has 0 atom stereocenters. The van der Waals surface area contributed by atoms with Crippen molar-refractivity contribution in [2.75, 3.05) is 6.54 Å². The van der Waals surface area contributed by atoms with Crippen molar-refractivity contribution in [3.63, 3.8) is 0 Å². The predicted octanol–water partition coefficient (Wildman–Crippen LogP) is 1.11. The van der Waals surface area contributed by atoms with Gasteiger partial charge in [-0.15, -0.1) is 0 Å². The predicted molar refractivity (Wildman–Crippen MR) is 40.1 cm³/mol. The summed E-state index contributed by atoms with van der Waals surface area (Å²) in [5.74, 6) is 0.900. The molecule has 0 radical (unpaired) electrons. The van der Waals surface area contributed by atoms with Gasteiger partial charge in [0, 0.05) is 24.2 Å². The van der Waals surface area contributed by atoms with Gasteiger partial charge < -0.3 is 0 Å². The summed E-state index contributed by atoms with van der Waals surface area (Å²) in [4.78, 5) is 4.09. The van der Waals surface area contributed by atoms with Gasteiger partial charge in [-0.25, -0.2) is 10.0 Å². The zero-order valence-corrected chi connectivity index (χ0v) is 5.99. The van der Waals surface area contributed by atoms with E-state index in [1.54, 1.807) is 6.20 Å². The van der Waals surface area contributed by atoms with E-state index in [0.29, 0.717) is 0 Å². The van der Waals surface area contributed by atoms with Gasteiger partial charge in [0.05, 0.1) is 6.54 Å².